The fourth-order valence-corrected chi connectivity index (χ4v) is 2.55. The number of hydrogen-bond donors (Lipinski definition) is 5. The molecular formula is C11H14FN5O5. The van der Waals surface area contributed by atoms with Gasteiger partial charge in [0.15, 0.2) is 17.3 Å². The maximum atomic E-state index is 13.3. The van der Waals surface area contributed by atoms with Crippen molar-refractivity contribution in [1.82, 2.24) is 19.5 Å². The Labute approximate surface area is 122 Å². The van der Waals surface area contributed by atoms with Gasteiger partial charge in [0.25, 0.3) is 0 Å². The van der Waals surface area contributed by atoms with Crippen molar-refractivity contribution in [3.8, 4) is 0 Å². The highest BCUT2D eigenvalue weighted by Crippen LogP contribution is 2.39. The van der Waals surface area contributed by atoms with E-state index < -0.39 is 42.9 Å². The molecule has 10 nitrogen and oxygen atoms in total. The van der Waals surface area contributed by atoms with Gasteiger partial charge in [-0.25, -0.2) is 9.37 Å². The zero-order valence-electron chi connectivity index (χ0n) is 11.2. The van der Waals surface area contributed by atoms with Crippen LogP contribution in [0.5, 0.6) is 0 Å². The number of nitrogens with zero attached hydrogens (tertiary/aromatic N) is 3. The molecule has 0 bridgehead atoms. The van der Waals surface area contributed by atoms with Crippen LogP contribution in [0.3, 0.4) is 0 Å². The van der Waals surface area contributed by atoms with E-state index in [9.17, 15) is 19.4 Å². The molecule has 6 N–H and O–H groups in total. The number of aromatic amines is 1. The number of nitrogen functional groups attached to an aromatic ring is 1. The highest BCUT2D eigenvalue weighted by molar-refractivity contribution is 5.70. The molecule has 0 saturated carbocycles. The van der Waals surface area contributed by atoms with E-state index in [1.807, 2.05) is 0 Å². The maximum absolute atomic E-state index is 13.3. The average molecular weight is 315 g/mol. The van der Waals surface area contributed by atoms with Crippen molar-refractivity contribution in [2.75, 3.05) is 19.0 Å². The van der Waals surface area contributed by atoms with Crippen LogP contribution >= 0.6 is 0 Å². The zero-order chi connectivity index (χ0) is 16.1. The number of fused-ring (bicyclic) bond motifs is 1. The van der Waals surface area contributed by atoms with Crippen LogP contribution in [0, 0.1) is 0 Å². The van der Waals surface area contributed by atoms with Crippen LogP contribution in [0.15, 0.2) is 11.1 Å². The Morgan fingerprint density at radius 1 is 1.59 bits per heavy atom. The number of halogens is 1. The van der Waals surface area contributed by atoms with Crippen molar-refractivity contribution in [2.24, 2.45) is 0 Å². The van der Waals surface area contributed by atoms with Crippen molar-refractivity contribution >= 4 is 17.1 Å². The molecule has 2 aromatic heterocycles. The standard InChI is InChI=1S/C11H14FN5O5/c12-2-11(21)6(19)4(1-18)22-9(11)17-3-14-5-7(17)15-10(13)16-8(5)20/h3-4,6,9,18-19,21H,1-2H2,(H3,13,15,16,20)/t4-,6-,9-,11+/m1/s1. The molecule has 3 rings (SSSR count). The Kier molecular flexibility index (Phi) is 3.36. The molecule has 0 spiro atoms. The van der Waals surface area contributed by atoms with E-state index in [-0.39, 0.29) is 17.1 Å². The molecule has 1 aliphatic heterocycles. The van der Waals surface area contributed by atoms with Gasteiger partial charge < -0.3 is 30.8 Å². The molecule has 4 atom stereocenters. The van der Waals surface area contributed by atoms with Crippen molar-refractivity contribution in [3.63, 3.8) is 0 Å². The molecule has 1 aliphatic rings. The summed E-state index contributed by atoms with van der Waals surface area (Å²) in [5.41, 5.74) is 2.42. The summed E-state index contributed by atoms with van der Waals surface area (Å²) >= 11 is 0. The number of rotatable bonds is 3. The summed E-state index contributed by atoms with van der Waals surface area (Å²) in [6.07, 6.45) is -3.13. The molecule has 120 valence electrons. The quantitative estimate of drug-likeness (QED) is 0.421. The number of aromatic nitrogens is 4. The summed E-state index contributed by atoms with van der Waals surface area (Å²) in [6, 6.07) is 0. The first-order valence-electron chi connectivity index (χ1n) is 6.37. The summed E-state index contributed by atoms with van der Waals surface area (Å²) < 4.78 is 19.8. The Bertz CT molecular complexity index is 763. The van der Waals surface area contributed by atoms with Gasteiger partial charge in [-0.2, -0.15) is 4.98 Å². The van der Waals surface area contributed by atoms with E-state index >= 15 is 0 Å². The molecule has 11 heteroatoms. The smallest absolute Gasteiger partial charge is 0.302 e. The summed E-state index contributed by atoms with van der Waals surface area (Å²) in [5.74, 6) is -0.194. The molecule has 1 saturated heterocycles. The highest BCUT2D eigenvalue weighted by Gasteiger charge is 2.56. The van der Waals surface area contributed by atoms with Crippen molar-refractivity contribution in [2.45, 2.75) is 24.0 Å². The molecule has 3 heterocycles. The first-order chi connectivity index (χ1) is 10.4. The minimum Gasteiger partial charge on any atom is -0.394 e. The number of imidazole rings is 1. The van der Waals surface area contributed by atoms with Crippen molar-refractivity contribution in [1.29, 1.82) is 0 Å². The highest BCUT2D eigenvalue weighted by atomic mass is 19.1. The van der Waals surface area contributed by atoms with Crippen LogP contribution < -0.4 is 11.3 Å². The number of hydrogen-bond acceptors (Lipinski definition) is 8. The molecule has 1 fully saturated rings. The Morgan fingerprint density at radius 2 is 2.32 bits per heavy atom. The lowest BCUT2D eigenvalue weighted by atomic mass is 9.95. The van der Waals surface area contributed by atoms with Crippen LogP contribution in [0.1, 0.15) is 6.23 Å². The van der Waals surface area contributed by atoms with Gasteiger partial charge in [-0.15, -0.1) is 0 Å². The van der Waals surface area contributed by atoms with Gasteiger partial charge in [0, 0.05) is 0 Å². The van der Waals surface area contributed by atoms with Crippen LogP contribution in [0.2, 0.25) is 0 Å². The number of aliphatic hydroxyl groups is 3. The second-order valence-corrected chi connectivity index (χ2v) is 5.06. The minimum atomic E-state index is -2.31. The molecule has 0 unspecified atom stereocenters. The minimum absolute atomic E-state index is 0.0557. The van der Waals surface area contributed by atoms with Gasteiger partial charge in [-0.05, 0) is 0 Å². The third-order valence-electron chi connectivity index (χ3n) is 3.71. The number of anilines is 1. The Balaban J connectivity index is 2.16. The molecular weight excluding hydrogens is 301 g/mol. The third kappa shape index (κ3) is 1.90. The fraction of sp³-hybridized carbons (Fsp3) is 0.545. The van der Waals surface area contributed by atoms with Gasteiger partial charge in [-0.1, -0.05) is 0 Å². The van der Waals surface area contributed by atoms with Crippen LogP contribution in [0.25, 0.3) is 11.2 Å². The lowest BCUT2D eigenvalue weighted by Crippen LogP contribution is -2.48. The fourth-order valence-electron chi connectivity index (χ4n) is 2.55. The van der Waals surface area contributed by atoms with E-state index in [0.717, 1.165) is 10.9 Å². The van der Waals surface area contributed by atoms with Crippen molar-refractivity contribution < 1.29 is 24.4 Å². The van der Waals surface area contributed by atoms with E-state index in [0.29, 0.717) is 0 Å². The number of ether oxygens (including phenoxy) is 1. The largest absolute Gasteiger partial charge is 0.394 e. The zero-order valence-corrected chi connectivity index (χ0v) is 11.2. The summed E-state index contributed by atoms with van der Waals surface area (Å²) in [7, 11) is 0. The van der Waals surface area contributed by atoms with E-state index in [1.54, 1.807) is 0 Å². The van der Waals surface area contributed by atoms with Gasteiger partial charge in [0.1, 0.15) is 24.5 Å². The Hall–Kier alpha value is -2.08. The van der Waals surface area contributed by atoms with E-state index in [1.165, 1.54) is 0 Å². The molecule has 0 aromatic carbocycles. The summed E-state index contributed by atoms with van der Waals surface area (Å²) in [4.78, 5) is 21.6. The van der Waals surface area contributed by atoms with Crippen LogP contribution in [-0.4, -0.2) is 65.9 Å². The predicted octanol–water partition coefficient (Wildman–Crippen LogP) is -2.35. The van der Waals surface area contributed by atoms with Crippen LogP contribution in [0.4, 0.5) is 10.3 Å². The molecule has 0 amide bonds. The Morgan fingerprint density at radius 3 is 2.95 bits per heavy atom. The lowest BCUT2D eigenvalue weighted by Gasteiger charge is -2.28. The van der Waals surface area contributed by atoms with Crippen molar-refractivity contribution in [3.05, 3.63) is 16.7 Å². The van der Waals surface area contributed by atoms with E-state index in [4.69, 9.17) is 15.6 Å². The van der Waals surface area contributed by atoms with E-state index in [2.05, 4.69) is 15.0 Å². The second-order valence-electron chi connectivity index (χ2n) is 5.06. The number of alkyl halides is 1. The monoisotopic (exact) mass is 315 g/mol. The predicted molar refractivity (Wildman–Crippen MR) is 70.5 cm³/mol. The average Bonchev–Trinajstić information content (AvgIpc) is 3.00. The topological polar surface area (TPSA) is 160 Å². The molecule has 0 aliphatic carbocycles. The number of aliphatic hydroxyl groups excluding tert-OH is 2. The van der Waals surface area contributed by atoms with Gasteiger partial charge in [0.05, 0.1) is 12.9 Å². The normalized spacial score (nSPS) is 31.9. The summed E-state index contributed by atoms with van der Waals surface area (Å²) in [5, 5.41) is 29.4. The summed E-state index contributed by atoms with van der Waals surface area (Å²) in [6.45, 7) is -1.95. The first kappa shape index (κ1) is 14.8. The molecule has 2 aromatic rings. The molecule has 22 heavy (non-hydrogen) atoms. The number of H-pyrrole nitrogens is 1. The van der Waals surface area contributed by atoms with Gasteiger partial charge >= 0.3 is 5.56 Å². The lowest BCUT2D eigenvalue weighted by molar-refractivity contribution is -0.118. The first-order valence-corrected chi connectivity index (χ1v) is 6.37. The van der Waals surface area contributed by atoms with Gasteiger partial charge in [0.2, 0.25) is 5.95 Å². The molecule has 0 radical (unpaired) electrons. The number of nitrogens with one attached hydrogen (secondary N) is 1. The van der Waals surface area contributed by atoms with Crippen LogP contribution in [-0.2, 0) is 4.74 Å². The second kappa shape index (κ2) is 4.98. The number of nitrogens with two attached hydrogens (primary N) is 1. The SMILES string of the molecule is Nc1nc(=O)c2ncn([C@@H]3O[C@H](CO)[C@@H](O)[C@@]3(O)CF)c2[nH]1. The maximum Gasteiger partial charge on any atom is 0.302 e. The third-order valence-corrected chi connectivity index (χ3v) is 3.71. The van der Waals surface area contributed by atoms with Gasteiger partial charge in [-0.3, -0.25) is 9.36 Å².